The van der Waals surface area contributed by atoms with Gasteiger partial charge >= 0.3 is 0 Å². The van der Waals surface area contributed by atoms with Crippen molar-refractivity contribution in [3.63, 3.8) is 0 Å². The van der Waals surface area contributed by atoms with Gasteiger partial charge in [0.25, 0.3) is 5.56 Å². The lowest BCUT2D eigenvalue weighted by molar-refractivity contribution is -0.119. The summed E-state index contributed by atoms with van der Waals surface area (Å²) in [6, 6.07) is 9.54. The zero-order valence-corrected chi connectivity index (χ0v) is 14.4. The highest BCUT2D eigenvalue weighted by Gasteiger charge is 2.31. The molecule has 24 heavy (non-hydrogen) atoms. The highest BCUT2D eigenvalue weighted by molar-refractivity contribution is 7.99. The Morgan fingerprint density at radius 2 is 2.21 bits per heavy atom. The Hall–Kier alpha value is -2.08. The van der Waals surface area contributed by atoms with Crippen molar-refractivity contribution in [2.24, 2.45) is 0 Å². The number of anilines is 1. The average Bonchev–Trinajstić information content (AvgIpc) is 3.19. The van der Waals surface area contributed by atoms with Gasteiger partial charge in [-0.2, -0.15) is 0 Å². The van der Waals surface area contributed by atoms with E-state index in [0.717, 1.165) is 41.7 Å². The van der Waals surface area contributed by atoms with Crippen LogP contribution in [0.4, 0.5) is 5.69 Å². The van der Waals surface area contributed by atoms with Crippen LogP contribution in [0.2, 0.25) is 0 Å². The molecule has 0 fully saturated rings. The van der Waals surface area contributed by atoms with Gasteiger partial charge in [-0.25, -0.2) is 4.98 Å². The molecule has 5 nitrogen and oxygen atoms in total. The molecule has 2 aliphatic heterocycles. The molecule has 0 bridgehead atoms. The maximum atomic E-state index is 12.8. The molecule has 0 spiro atoms. The number of nitrogens with zero attached hydrogens (tertiary/aromatic N) is 3. The summed E-state index contributed by atoms with van der Waals surface area (Å²) in [5.74, 6) is 0.821. The van der Waals surface area contributed by atoms with E-state index >= 15 is 0 Å². The van der Waals surface area contributed by atoms with Crippen LogP contribution in [0.1, 0.15) is 30.6 Å². The van der Waals surface area contributed by atoms with Gasteiger partial charge < -0.3 is 4.90 Å². The lowest BCUT2D eigenvalue weighted by Gasteiger charge is -2.20. The zero-order chi connectivity index (χ0) is 16.7. The molecule has 0 saturated carbocycles. The van der Waals surface area contributed by atoms with Crippen molar-refractivity contribution in [3.05, 3.63) is 51.9 Å². The lowest BCUT2D eigenvalue weighted by atomic mass is 10.1. The fourth-order valence-electron chi connectivity index (χ4n) is 3.44. The van der Waals surface area contributed by atoms with Crippen molar-refractivity contribution in [1.29, 1.82) is 0 Å². The number of amides is 1. The predicted octanol–water partition coefficient (Wildman–Crippen LogP) is 2.43. The third kappa shape index (κ3) is 2.55. The quantitative estimate of drug-likeness (QED) is 0.805. The van der Waals surface area contributed by atoms with Crippen LogP contribution < -0.4 is 10.5 Å². The minimum atomic E-state index is -0.101. The molecule has 0 aliphatic carbocycles. The smallest absolute Gasteiger partial charge is 0.254 e. The maximum Gasteiger partial charge on any atom is 0.254 e. The molecular formula is C18H19N3O2S. The number of aromatic nitrogens is 2. The molecule has 0 N–H and O–H groups in total. The first-order valence-electron chi connectivity index (χ1n) is 8.31. The largest absolute Gasteiger partial charge is 0.312 e. The van der Waals surface area contributed by atoms with Crippen LogP contribution in [0.3, 0.4) is 0 Å². The van der Waals surface area contributed by atoms with E-state index in [0.29, 0.717) is 6.42 Å². The van der Waals surface area contributed by atoms with Crippen molar-refractivity contribution in [2.75, 3.05) is 17.2 Å². The van der Waals surface area contributed by atoms with E-state index in [1.807, 2.05) is 30.0 Å². The van der Waals surface area contributed by atoms with Crippen molar-refractivity contribution < 1.29 is 4.79 Å². The first-order valence-corrected chi connectivity index (χ1v) is 9.29. The second kappa shape index (κ2) is 6.09. The molecule has 1 atom stereocenters. The number of carbonyl (C=O) groups excluding carboxylic acids is 1. The summed E-state index contributed by atoms with van der Waals surface area (Å²) in [4.78, 5) is 31.6. The molecule has 1 unspecified atom stereocenters. The Labute approximate surface area is 144 Å². The predicted molar refractivity (Wildman–Crippen MR) is 94.8 cm³/mol. The second-order valence-electron chi connectivity index (χ2n) is 6.18. The molecule has 3 heterocycles. The number of hydrogen-bond donors (Lipinski definition) is 0. The van der Waals surface area contributed by atoms with Crippen LogP contribution >= 0.6 is 11.8 Å². The molecule has 2 aromatic rings. The monoisotopic (exact) mass is 341 g/mol. The van der Waals surface area contributed by atoms with Crippen molar-refractivity contribution in [1.82, 2.24) is 9.55 Å². The summed E-state index contributed by atoms with van der Waals surface area (Å²) in [5, 5.41) is 0.749. The summed E-state index contributed by atoms with van der Waals surface area (Å²) in [6.07, 6.45) is 2.00. The van der Waals surface area contributed by atoms with Gasteiger partial charge in [-0.15, -0.1) is 0 Å². The number of rotatable bonds is 3. The number of carbonyl (C=O) groups is 1. The third-order valence-corrected chi connectivity index (χ3v) is 5.80. The van der Waals surface area contributed by atoms with Gasteiger partial charge in [0.1, 0.15) is 0 Å². The number of para-hydroxylation sites is 1. The molecule has 4 rings (SSSR count). The Morgan fingerprint density at radius 3 is 3.04 bits per heavy atom. The highest BCUT2D eigenvalue weighted by Crippen LogP contribution is 2.34. The second-order valence-corrected chi connectivity index (χ2v) is 7.17. The van der Waals surface area contributed by atoms with Crippen molar-refractivity contribution in [3.8, 4) is 0 Å². The zero-order valence-electron chi connectivity index (χ0n) is 13.6. The lowest BCUT2D eigenvalue weighted by Crippen LogP contribution is -2.33. The highest BCUT2D eigenvalue weighted by atomic mass is 32.2. The Balaban J connectivity index is 1.57. The van der Waals surface area contributed by atoms with Crippen LogP contribution in [0.25, 0.3) is 0 Å². The SMILES string of the molecule is CCc1cc(=O)n2c(n1)SCC2CC(=O)N1CCc2ccccc21. The van der Waals surface area contributed by atoms with E-state index in [1.54, 1.807) is 22.4 Å². The van der Waals surface area contributed by atoms with E-state index in [-0.39, 0.29) is 17.5 Å². The molecule has 0 radical (unpaired) electrons. The van der Waals surface area contributed by atoms with E-state index in [9.17, 15) is 9.59 Å². The van der Waals surface area contributed by atoms with Crippen LogP contribution in [0.15, 0.2) is 40.3 Å². The van der Waals surface area contributed by atoms with E-state index < -0.39 is 0 Å². The number of aryl methyl sites for hydroxylation is 1. The normalized spacial score (nSPS) is 18.5. The minimum absolute atomic E-state index is 0.0403. The molecule has 6 heteroatoms. The van der Waals surface area contributed by atoms with Crippen molar-refractivity contribution >= 4 is 23.4 Å². The van der Waals surface area contributed by atoms with Crippen LogP contribution in [-0.2, 0) is 17.6 Å². The van der Waals surface area contributed by atoms with Gasteiger partial charge in [-0.1, -0.05) is 36.9 Å². The number of thioether (sulfide) groups is 1. The van der Waals surface area contributed by atoms with E-state index in [2.05, 4.69) is 11.1 Å². The number of hydrogen-bond acceptors (Lipinski definition) is 4. The fourth-order valence-corrected chi connectivity index (χ4v) is 4.61. The number of fused-ring (bicyclic) bond motifs is 2. The molecule has 2 aliphatic rings. The number of benzene rings is 1. The van der Waals surface area contributed by atoms with Gasteiger partial charge in [-0.05, 0) is 24.5 Å². The van der Waals surface area contributed by atoms with Crippen LogP contribution in [0.5, 0.6) is 0 Å². The summed E-state index contributed by atoms with van der Waals surface area (Å²) < 4.78 is 1.70. The Morgan fingerprint density at radius 1 is 1.38 bits per heavy atom. The van der Waals surface area contributed by atoms with E-state index in [1.165, 1.54) is 5.56 Å². The molecular weight excluding hydrogens is 322 g/mol. The van der Waals surface area contributed by atoms with Gasteiger partial charge in [-0.3, -0.25) is 14.2 Å². The first kappa shape index (κ1) is 15.4. The average molecular weight is 341 g/mol. The molecule has 0 saturated heterocycles. The third-order valence-electron chi connectivity index (χ3n) is 4.70. The summed E-state index contributed by atoms with van der Waals surface area (Å²) in [7, 11) is 0. The topological polar surface area (TPSA) is 55.2 Å². The fraction of sp³-hybridized carbons (Fsp3) is 0.389. The van der Waals surface area contributed by atoms with Crippen LogP contribution in [-0.4, -0.2) is 27.8 Å². The van der Waals surface area contributed by atoms with Gasteiger partial charge in [0.05, 0.1) is 6.04 Å². The Kier molecular flexibility index (Phi) is 3.92. The molecule has 1 amide bonds. The van der Waals surface area contributed by atoms with Gasteiger partial charge in [0.2, 0.25) is 5.91 Å². The van der Waals surface area contributed by atoms with Crippen LogP contribution in [0, 0.1) is 0 Å². The summed E-state index contributed by atoms with van der Waals surface area (Å²) >= 11 is 1.57. The minimum Gasteiger partial charge on any atom is -0.312 e. The van der Waals surface area contributed by atoms with E-state index in [4.69, 9.17) is 0 Å². The molecule has 1 aromatic carbocycles. The maximum absolute atomic E-state index is 12.8. The van der Waals surface area contributed by atoms with Gasteiger partial charge in [0.15, 0.2) is 5.16 Å². The summed E-state index contributed by atoms with van der Waals surface area (Å²) in [5.41, 5.74) is 3.01. The molecule has 124 valence electrons. The summed E-state index contributed by atoms with van der Waals surface area (Å²) in [6.45, 7) is 2.72. The first-order chi connectivity index (χ1) is 11.7. The van der Waals surface area contributed by atoms with Gasteiger partial charge in [0, 0.05) is 36.2 Å². The standard InChI is InChI=1S/C18H19N3O2S/c1-2-13-9-17(23)21-14(11-24-18(21)19-13)10-16(22)20-8-7-12-5-3-4-6-15(12)20/h3-6,9,14H,2,7-8,10-11H2,1H3. The molecule has 1 aromatic heterocycles. The van der Waals surface area contributed by atoms with Crippen molar-refractivity contribution in [2.45, 2.75) is 37.4 Å². The Bertz CT molecular complexity index is 862.